The molecule has 0 aliphatic heterocycles. The van der Waals surface area contributed by atoms with E-state index in [1.807, 2.05) is 6.07 Å². The van der Waals surface area contributed by atoms with Crippen LogP contribution in [0.2, 0.25) is 0 Å². The van der Waals surface area contributed by atoms with Gasteiger partial charge in [0, 0.05) is 12.1 Å². The Morgan fingerprint density at radius 2 is 2.00 bits per heavy atom. The first-order chi connectivity index (χ1) is 16.6. The van der Waals surface area contributed by atoms with Crippen LogP contribution in [0.3, 0.4) is 0 Å². The van der Waals surface area contributed by atoms with Gasteiger partial charge in [0.1, 0.15) is 24.3 Å². The fourth-order valence-electron chi connectivity index (χ4n) is 5.67. The third-order valence-electron chi connectivity index (χ3n) is 7.41. The minimum Gasteiger partial charge on any atom is -0.507 e. The Bertz CT molecular complexity index is 1230. The second-order valence-electron chi connectivity index (χ2n) is 9.64. The molecule has 2 bridgehead atoms. The van der Waals surface area contributed by atoms with Crippen molar-refractivity contribution in [3.8, 4) is 28.9 Å². The second-order valence-corrected chi connectivity index (χ2v) is 9.64. The van der Waals surface area contributed by atoms with Crippen LogP contribution in [-0.2, 0) is 0 Å². The largest absolute Gasteiger partial charge is 0.507 e. The van der Waals surface area contributed by atoms with Crippen molar-refractivity contribution in [2.45, 2.75) is 63.2 Å². The lowest BCUT2D eigenvalue weighted by atomic mass is 9.69. The van der Waals surface area contributed by atoms with Crippen molar-refractivity contribution >= 4 is 5.82 Å². The molecule has 6 rings (SSSR count). The molecule has 3 fully saturated rings. The summed E-state index contributed by atoms with van der Waals surface area (Å²) in [6.45, 7) is 0. The van der Waals surface area contributed by atoms with Crippen LogP contribution in [0.1, 0.15) is 50.8 Å². The molecule has 3 saturated carbocycles. The molecule has 3 aromatic rings. The lowest BCUT2D eigenvalue weighted by Gasteiger charge is -2.46. The van der Waals surface area contributed by atoms with Crippen LogP contribution in [0.4, 0.5) is 10.2 Å². The van der Waals surface area contributed by atoms with Gasteiger partial charge in [0.05, 0.1) is 23.5 Å². The highest BCUT2D eigenvalue weighted by Crippen LogP contribution is 2.46. The zero-order valence-electron chi connectivity index (χ0n) is 18.6. The smallest absolute Gasteiger partial charge is 0.252 e. The number of phenols is 1. The van der Waals surface area contributed by atoms with Crippen molar-refractivity contribution in [1.29, 1.82) is 5.26 Å². The molecule has 34 heavy (non-hydrogen) atoms. The zero-order chi connectivity index (χ0) is 23.2. The molecule has 1 N–H and O–H groups in total. The summed E-state index contributed by atoms with van der Waals surface area (Å²) in [7, 11) is 0. The van der Waals surface area contributed by atoms with Gasteiger partial charge >= 0.3 is 0 Å². The van der Waals surface area contributed by atoms with Crippen LogP contribution < -0.4 is 4.90 Å². The van der Waals surface area contributed by atoms with Gasteiger partial charge in [-0.2, -0.15) is 5.26 Å². The van der Waals surface area contributed by atoms with Gasteiger partial charge in [0.2, 0.25) is 0 Å². The Kier molecular flexibility index (Phi) is 5.12. The highest BCUT2D eigenvalue weighted by atomic mass is 19.1. The number of phenolic OH excluding ortho intramolecular Hbond substituents is 1. The Labute approximate surface area is 196 Å². The predicted molar refractivity (Wildman–Crippen MR) is 121 cm³/mol. The lowest BCUT2D eigenvalue weighted by molar-refractivity contribution is 0.0631. The van der Waals surface area contributed by atoms with Crippen molar-refractivity contribution < 1.29 is 9.50 Å². The van der Waals surface area contributed by atoms with Gasteiger partial charge in [-0.15, -0.1) is 15.3 Å². The first-order valence-corrected chi connectivity index (χ1v) is 11.9. The summed E-state index contributed by atoms with van der Waals surface area (Å²) in [5.41, 5.74) is 0.980. The van der Waals surface area contributed by atoms with Crippen molar-refractivity contribution in [3.63, 3.8) is 0 Å². The Balaban J connectivity index is 1.25. The molecule has 10 heteroatoms. The average molecular weight is 461 g/mol. The van der Waals surface area contributed by atoms with E-state index in [0.717, 1.165) is 38.5 Å². The molecular formula is C24H25FN8O. The van der Waals surface area contributed by atoms with Crippen LogP contribution >= 0.6 is 0 Å². The van der Waals surface area contributed by atoms with Crippen molar-refractivity contribution in [2.75, 3.05) is 4.90 Å². The Morgan fingerprint density at radius 3 is 2.71 bits per heavy atom. The molecule has 3 aliphatic carbocycles. The monoisotopic (exact) mass is 460 g/mol. The highest BCUT2D eigenvalue weighted by molar-refractivity contribution is 5.66. The summed E-state index contributed by atoms with van der Waals surface area (Å²) >= 11 is 0. The van der Waals surface area contributed by atoms with E-state index in [-0.39, 0.29) is 29.4 Å². The van der Waals surface area contributed by atoms with E-state index in [9.17, 15) is 5.11 Å². The van der Waals surface area contributed by atoms with E-state index in [1.54, 1.807) is 18.3 Å². The summed E-state index contributed by atoms with van der Waals surface area (Å²) in [5, 5.41) is 32.2. The third kappa shape index (κ3) is 3.75. The minimum atomic E-state index is -0.839. The highest BCUT2D eigenvalue weighted by Gasteiger charge is 2.46. The molecule has 9 nitrogen and oxygen atoms in total. The quantitative estimate of drug-likeness (QED) is 0.614. The van der Waals surface area contributed by atoms with Crippen LogP contribution in [0.15, 0.2) is 30.7 Å². The van der Waals surface area contributed by atoms with E-state index in [2.05, 4.69) is 30.2 Å². The molecule has 0 radical (unpaired) electrons. The number of alkyl halides is 1. The van der Waals surface area contributed by atoms with Gasteiger partial charge in [-0.05, 0) is 56.1 Å². The topological polar surface area (TPSA) is 117 Å². The standard InChI is InChI=1S/C24H25FN8O/c25-23-15-3-1-2-14(8-15)9-19(23)33(16-4-5-16)22-12-27-24(30-29-22)18-7-6-17(10-20(18)34)32-13-28-21(11-26)31-32/h6-7,10,12-16,19,23,34H,1-5,8-9H2/t14-,15+,19+,23-/m1/s1. The van der Waals surface area contributed by atoms with Gasteiger partial charge in [0.25, 0.3) is 5.82 Å². The number of nitriles is 1. The number of halogens is 1. The molecule has 3 aliphatic rings. The second kappa shape index (κ2) is 8.31. The molecule has 4 atom stereocenters. The van der Waals surface area contributed by atoms with Crippen molar-refractivity contribution in [3.05, 3.63) is 36.5 Å². The van der Waals surface area contributed by atoms with Crippen LogP contribution in [-0.4, -0.2) is 53.3 Å². The fraction of sp³-hybridized carbons (Fsp3) is 0.500. The first-order valence-electron chi connectivity index (χ1n) is 11.9. The summed E-state index contributed by atoms with van der Waals surface area (Å²) in [6.07, 6.45) is 9.51. The number of anilines is 1. The molecule has 2 aromatic heterocycles. The lowest BCUT2D eigenvalue weighted by Crippen LogP contribution is -2.52. The number of hydrogen-bond donors (Lipinski definition) is 1. The van der Waals surface area contributed by atoms with E-state index >= 15 is 4.39 Å². The van der Waals surface area contributed by atoms with Crippen LogP contribution in [0.25, 0.3) is 17.1 Å². The maximum Gasteiger partial charge on any atom is 0.252 e. The van der Waals surface area contributed by atoms with Crippen molar-refractivity contribution in [1.82, 2.24) is 29.9 Å². The number of hydrogen-bond acceptors (Lipinski definition) is 8. The number of nitrogens with zero attached hydrogens (tertiary/aromatic N) is 8. The van der Waals surface area contributed by atoms with E-state index < -0.39 is 6.17 Å². The summed E-state index contributed by atoms with van der Waals surface area (Å²) < 4.78 is 16.9. The first kappa shape index (κ1) is 21.0. The molecule has 1 aromatic carbocycles. The van der Waals surface area contributed by atoms with E-state index in [0.29, 0.717) is 29.0 Å². The number of fused-ring (bicyclic) bond motifs is 2. The van der Waals surface area contributed by atoms with Crippen LogP contribution in [0.5, 0.6) is 5.75 Å². The van der Waals surface area contributed by atoms with E-state index in [1.165, 1.54) is 23.5 Å². The maximum absolute atomic E-state index is 15.5. The van der Waals surface area contributed by atoms with Crippen LogP contribution in [0, 0.1) is 23.2 Å². The Morgan fingerprint density at radius 1 is 1.12 bits per heavy atom. The number of aromatic hydroxyl groups is 1. The molecule has 0 saturated heterocycles. The average Bonchev–Trinajstić information content (AvgIpc) is 3.57. The Hall–Kier alpha value is -3.61. The fourth-order valence-corrected chi connectivity index (χ4v) is 5.67. The molecule has 174 valence electrons. The normalized spacial score (nSPS) is 26.1. The number of rotatable bonds is 5. The van der Waals surface area contributed by atoms with E-state index in [4.69, 9.17) is 5.26 Å². The number of aromatic nitrogens is 6. The molecule has 0 spiro atoms. The molecule has 2 heterocycles. The van der Waals surface area contributed by atoms with Crippen molar-refractivity contribution in [2.24, 2.45) is 11.8 Å². The van der Waals surface area contributed by atoms with Gasteiger partial charge < -0.3 is 10.0 Å². The zero-order valence-corrected chi connectivity index (χ0v) is 18.6. The summed E-state index contributed by atoms with van der Waals surface area (Å²) in [4.78, 5) is 10.5. The summed E-state index contributed by atoms with van der Waals surface area (Å²) in [5.74, 6) is 1.66. The SMILES string of the molecule is N#Cc1ncn(-c2ccc(-c3ncc(N(C4CC4)[C@H]4C[C@@H]5CCC[C@@H](C5)[C@H]4F)nn3)c(O)c2)n1. The summed E-state index contributed by atoms with van der Waals surface area (Å²) in [6, 6.07) is 6.93. The predicted octanol–water partition coefficient (Wildman–Crippen LogP) is 3.58. The molecule has 0 amide bonds. The van der Waals surface area contributed by atoms with Gasteiger partial charge in [-0.1, -0.05) is 12.8 Å². The van der Waals surface area contributed by atoms with Gasteiger partial charge in [-0.25, -0.2) is 19.0 Å². The maximum atomic E-state index is 15.5. The van der Waals surface area contributed by atoms with Gasteiger partial charge in [0.15, 0.2) is 11.6 Å². The minimum absolute atomic E-state index is 0.0379. The number of benzene rings is 1. The third-order valence-corrected chi connectivity index (χ3v) is 7.41. The molecular weight excluding hydrogens is 435 g/mol. The van der Waals surface area contributed by atoms with Gasteiger partial charge in [-0.3, -0.25) is 0 Å². The molecule has 0 unspecified atom stereocenters.